The largest absolute Gasteiger partial charge is 0.488 e. The molecule has 0 spiro atoms. The number of carbonyl (C=O) groups is 1. The summed E-state index contributed by atoms with van der Waals surface area (Å²) in [6, 6.07) is 22.2. The highest BCUT2D eigenvalue weighted by molar-refractivity contribution is 8.00. The van der Waals surface area contributed by atoms with E-state index in [0.717, 1.165) is 32.8 Å². The van der Waals surface area contributed by atoms with Crippen molar-refractivity contribution in [1.82, 2.24) is 9.13 Å². The summed E-state index contributed by atoms with van der Waals surface area (Å²) >= 11 is 1.26. The number of aromatic nitrogens is 2. The molecule has 6 rings (SSSR count). The highest BCUT2D eigenvalue weighted by Gasteiger charge is 2.42. The lowest BCUT2D eigenvalue weighted by Gasteiger charge is -2.17. The molecule has 0 aliphatic carbocycles. The molecule has 0 radical (unpaired) electrons. The Balaban J connectivity index is 1.55. The molecule has 0 saturated heterocycles. The highest BCUT2D eigenvalue weighted by atomic mass is 32.2. The van der Waals surface area contributed by atoms with Crippen LogP contribution in [0.15, 0.2) is 88.8 Å². The monoisotopic (exact) mass is 512 g/mol. The number of pyridine rings is 1. The van der Waals surface area contributed by atoms with Gasteiger partial charge in [-0.15, -0.1) is 0 Å². The van der Waals surface area contributed by atoms with E-state index < -0.39 is 23.0 Å². The first-order valence-electron chi connectivity index (χ1n) is 11.8. The summed E-state index contributed by atoms with van der Waals surface area (Å²) in [6.45, 7) is 0.144. The number of ether oxygens (including phenoxy) is 2. The second-order valence-corrected chi connectivity index (χ2v) is 10.1. The maximum Gasteiger partial charge on any atom is 0.330 e. The minimum Gasteiger partial charge on any atom is -0.488 e. The van der Waals surface area contributed by atoms with Crippen molar-refractivity contribution < 1.29 is 19.4 Å². The third-order valence-electron chi connectivity index (χ3n) is 6.84. The Labute approximate surface area is 216 Å². The number of fused-ring (bicyclic) bond motifs is 3. The van der Waals surface area contributed by atoms with Crippen LogP contribution in [-0.2, 0) is 23.2 Å². The van der Waals surface area contributed by atoms with Gasteiger partial charge in [-0.3, -0.25) is 9.36 Å². The van der Waals surface area contributed by atoms with Crippen molar-refractivity contribution in [3.8, 4) is 16.9 Å². The van der Waals surface area contributed by atoms with E-state index in [9.17, 15) is 14.7 Å². The van der Waals surface area contributed by atoms with Gasteiger partial charge in [-0.1, -0.05) is 66.4 Å². The number of aryl methyl sites for hydroxylation is 1. The van der Waals surface area contributed by atoms with E-state index in [1.807, 2.05) is 84.5 Å². The molecule has 2 aromatic heterocycles. The van der Waals surface area contributed by atoms with Gasteiger partial charge < -0.3 is 19.1 Å². The van der Waals surface area contributed by atoms with Gasteiger partial charge in [-0.2, -0.15) is 0 Å². The Morgan fingerprint density at radius 3 is 2.54 bits per heavy atom. The summed E-state index contributed by atoms with van der Waals surface area (Å²) in [5, 5.41) is 13.6. The fourth-order valence-electron chi connectivity index (χ4n) is 5.15. The summed E-state index contributed by atoms with van der Waals surface area (Å²) in [4.78, 5) is 25.5. The number of aliphatic carboxylic acids is 1. The maximum atomic E-state index is 13.4. The van der Waals surface area contributed by atoms with Crippen LogP contribution in [0.25, 0.3) is 32.8 Å². The molecule has 0 fully saturated rings. The van der Waals surface area contributed by atoms with Crippen LogP contribution < -0.4 is 10.3 Å². The van der Waals surface area contributed by atoms with E-state index in [1.165, 1.54) is 29.5 Å². The van der Waals surface area contributed by atoms with Gasteiger partial charge in [0.2, 0.25) is 0 Å². The molecule has 0 bridgehead atoms. The van der Waals surface area contributed by atoms with Gasteiger partial charge in [-0.25, -0.2) is 4.79 Å². The van der Waals surface area contributed by atoms with E-state index in [2.05, 4.69) is 0 Å². The number of carboxylic acids is 1. The zero-order chi connectivity index (χ0) is 25.7. The predicted octanol–water partition coefficient (Wildman–Crippen LogP) is 5.44. The number of thioether (sulfide) groups is 1. The first-order valence-corrected chi connectivity index (χ1v) is 12.7. The highest BCUT2D eigenvalue weighted by Crippen LogP contribution is 2.47. The van der Waals surface area contributed by atoms with Crippen molar-refractivity contribution in [2.75, 3.05) is 7.11 Å². The van der Waals surface area contributed by atoms with Gasteiger partial charge in [0.1, 0.15) is 17.8 Å². The van der Waals surface area contributed by atoms with Crippen LogP contribution >= 0.6 is 11.8 Å². The van der Waals surface area contributed by atoms with Crippen LogP contribution in [0.3, 0.4) is 0 Å². The van der Waals surface area contributed by atoms with Crippen molar-refractivity contribution in [2.24, 2.45) is 7.05 Å². The molecule has 3 heterocycles. The summed E-state index contributed by atoms with van der Waals surface area (Å²) in [6.07, 6.45) is 2.02. The second-order valence-electron chi connectivity index (χ2n) is 9.00. The molecule has 37 heavy (non-hydrogen) atoms. The van der Waals surface area contributed by atoms with E-state index in [0.29, 0.717) is 16.3 Å². The fraction of sp³-hybridized carbons (Fsp3) is 0.172. The minimum absolute atomic E-state index is 0.144. The zero-order valence-electron chi connectivity index (χ0n) is 20.3. The van der Waals surface area contributed by atoms with Crippen LogP contribution in [0, 0.1) is 0 Å². The van der Waals surface area contributed by atoms with Crippen molar-refractivity contribution in [1.29, 1.82) is 0 Å². The maximum absolute atomic E-state index is 13.4. The smallest absolute Gasteiger partial charge is 0.330 e. The average molecular weight is 513 g/mol. The Hall–Kier alpha value is -4.01. The molecule has 5 aromatic rings. The van der Waals surface area contributed by atoms with Gasteiger partial charge in [0.15, 0.2) is 6.04 Å². The van der Waals surface area contributed by atoms with Gasteiger partial charge in [-0.05, 0) is 17.5 Å². The van der Waals surface area contributed by atoms with Crippen LogP contribution in [0.2, 0.25) is 0 Å². The topological polar surface area (TPSA) is 82.7 Å². The molecule has 0 saturated carbocycles. The van der Waals surface area contributed by atoms with Gasteiger partial charge in [0.25, 0.3) is 5.56 Å². The van der Waals surface area contributed by atoms with Crippen LogP contribution in [0.5, 0.6) is 5.75 Å². The van der Waals surface area contributed by atoms with Crippen molar-refractivity contribution in [3.63, 3.8) is 0 Å². The number of hydrogen-bond acceptors (Lipinski definition) is 5. The van der Waals surface area contributed by atoms with Crippen molar-refractivity contribution in [2.45, 2.75) is 23.1 Å². The van der Waals surface area contributed by atoms with Crippen LogP contribution in [0.4, 0.5) is 0 Å². The number of benzene rings is 3. The summed E-state index contributed by atoms with van der Waals surface area (Å²) in [7, 11) is 3.44. The van der Waals surface area contributed by atoms with Crippen molar-refractivity contribution >= 4 is 39.4 Å². The molecule has 7 nitrogen and oxygen atoms in total. The Morgan fingerprint density at radius 2 is 1.76 bits per heavy atom. The summed E-state index contributed by atoms with van der Waals surface area (Å²) < 4.78 is 15.2. The first-order chi connectivity index (χ1) is 18.0. The normalized spacial score (nSPS) is 16.8. The van der Waals surface area contributed by atoms with Crippen molar-refractivity contribution in [3.05, 3.63) is 94.9 Å². The fourth-order valence-corrected chi connectivity index (χ4v) is 6.51. The van der Waals surface area contributed by atoms with Crippen LogP contribution in [-0.4, -0.2) is 32.8 Å². The third-order valence-corrected chi connectivity index (χ3v) is 8.14. The lowest BCUT2D eigenvalue weighted by Crippen LogP contribution is -2.33. The molecular weight excluding hydrogens is 488 g/mol. The number of carboxylic acid groups (broad SMARTS) is 1. The number of rotatable bonds is 6. The molecule has 0 unspecified atom stereocenters. The molecule has 2 atom stereocenters. The molecule has 1 N–H and O–H groups in total. The molecule has 1 aliphatic heterocycles. The first kappa shape index (κ1) is 23.4. The minimum atomic E-state index is -1.13. The standard InChI is InChI=1S/C29H24N2O5S/c1-30-15-21(20-11-5-6-12-22(20)30)25-18(16-36-23-13-7-9-17-8-3-4-10-19(17)23)14-24(32)31-26(28(33)34)29(35-2)37-27(25)31/h3-15,26,29H,16H2,1-2H3,(H,33,34)/t26-,29+/m1/s1. The molecule has 3 aromatic carbocycles. The SMILES string of the molecule is CO[C@H]1Sc2c(-c3cn(C)c4ccccc34)c(COc3cccc4ccccc34)cc(=O)n2[C@@H]1C(=O)O. The van der Waals surface area contributed by atoms with E-state index >= 15 is 0 Å². The number of nitrogens with zero attached hydrogens (tertiary/aromatic N) is 2. The second kappa shape index (κ2) is 9.14. The van der Waals surface area contributed by atoms with Gasteiger partial charge >= 0.3 is 5.97 Å². The van der Waals surface area contributed by atoms with Gasteiger partial charge in [0.05, 0.1) is 5.03 Å². The molecule has 8 heteroatoms. The summed E-state index contributed by atoms with van der Waals surface area (Å²) in [5.74, 6) is -0.391. The Bertz CT molecular complexity index is 1730. The lowest BCUT2D eigenvalue weighted by atomic mass is 10.0. The number of methoxy groups -OCH3 is 1. The number of hydrogen-bond donors (Lipinski definition) is 1. The molecule has 0 amide bonds. The molecule has 1 aliphatic rings. The predicted molar refractivity (Wildman–Crippen MR) is 144 cm³/mol. The summed E-state index contributed by atoms with van der Waals surface area (Å²) in [5.41, 5.74) is 2.29. The Kier molecular flexibility index (Phi) is 5.78. The molecule has 186 valence electrons. The molecular formula is C29H24N2O5S. The number of para-hydroxylation sites is 1. The van der Waals surface area contributed by atoms with E-state index in [1.54, 1.807) is 0 Å². The quantitative estimate of drug-likeness (QED) is 0.326. The average Bonchev–Trinajstić information content (AvgIpc) is 3.46. The van der Waals surface area contributed by atoms with Gasteiger partial charge in [0, 0.05) is 59.4 Å². The van der Waals surface area contributed by atoms with E-state index in [-0.39, 0.29) is 6.61 Å². The third kappa shape index (κ3) is 3.80. The van der Waals surface area contributed by atoms with E-state index in [4.69, 9.17) is 9.47 Å². The lowest BCUT2D eigenvalue weighted by molar-refractivity contribution is -0.143. The zero-order valence-corrected chi connectivity index (χ0v) is 21.1. The van der Waals surface area contributed by atoms with Crippen LogP contribution in [0.1, 0.15) is 11.6 Å². The Morgan fingerprint density at radius 1 is 1.03 bits per heavy atom.